The number of carbonyl (C=O) groups is 2. The number of anilines is 1. The van der Waals surface area contributed by atoms with Crippen LogP contribution in [0.4, 0.5) is 5.69 Å². The molecule has 0 unspecified atom stereocenters. The number of aliphatic hydroxyl groups is 1. The number of imide groups is 1. The Morgan fingerprint density at radius 3 is 2.47 bits per heavy atom. The lowest BCUT2D eigenvalue weighted by molar-refractivity contribution is 0.0879. The molecule has 0 atom stereocenters. The van der Waals surface area contributed by atoms with Gasteiger partial charge in [-0.3, -0.25) is 14.9 Å². The Morgan fingerprint density at radius 1 is 1.05 bits per heavy atom. The van der Waals surface area contributed by atoms with Crippen molar-refractivity contribution in [3.63, 3.8) is 0 Å². The van der Waals surface area contributed by atoms with Crippen LogP contribution in [0.2, 0.25) is 0 Å². The van der Waals surface area contributed by atoms with Crippen LogP contribution in [0, 0.1) is 0 Å². The summed E-state index contributed by atoms with van der Waals surface area (Å²) < 4.78 is 0. The summed E-state index contributed by atoms with van der Waals surface area (Å²) in [4.78, 5) is 23.0. The van der Waals surface area contributed by atoms with Crippen molar-refractivity contribution in [3.8, 4) is 0 Å². The van der Waals surface area contributed by atoms with Crippen molar-refractivity contribution >= 4 is 17.5 Å². The van der Waals surface area contributed by atoms with E-state index >= 15 is 0 Å². The summed E-state index contributed by atoms with van der Waals surface area (Å²) in [6.07, 6.45) is 3.28. The molecule has 3 N–H and O–H groups in total. The second kappa shape index (κ2) is 4.66. The molecule has 0 radical (unpaired) electrons. The van der Waals surface area contributed by atoms with Crippen LogP contribution < -0.4 is 10.6 Å². The van der Waals surface area contributed by atoms with Crippen LogP contribution in [0.5, 0.6) is 0 Å². The number of fused-ring (bicyclic) bond motifs is 1. The lowest BCUT2D eigenvalue weighted by Crippen LogP contribution is -2.28. The molecule has 0 saturated heterocycles. The molecule has 3 rings (SSSR count). The van der Waals surface area contributed by atoms with Crippen molar-refractivity contribution in [1.29, 1.82) is 0 Å². The van der Waals surface area contributed by atoms with Crippen molar-refractivity contribution < 1.29 is 14.7 Å². The van der Waals surface area contributed by atoms with Gasteiger partial charge in [-0.15, -0.1) is 0 Å². The molecule has 0 spiro atoms. The van der Waals surface area contributed by atoms with E-state index in [4.69, 9.17) is 0 Å². The van der Waals surface area contributed by atoms with E-state index in [0.29, 0.717) is 17.2 Å². The van der Waals surface area contributed by atoms with Gasteiger partial charge in [0, 0.05) is 11.7 Å². The second-order valence-corrected chi connectivity index (χ2v) is 5.19. The second-order valence-electron chi connectivity index (χ2n) is 5.19. The third-order valence-corrected chi connectivity index (χ3v) is 3.80. The highest BCUT2D eigenvalue weighted by atomic mass is 16.3. The Balaban J connectivity index is 1.75. The van der Waals surface area contributed by atoms with E-state index in [-0.39, 0.29) is 17.9 Å². The first kappa shape index (κ1) is 12.2. The smallest absolute Gasteiger partial charge is 0.259 e. The molecule has 1 aromatic rings. The highest BCUT2D eigenvalue weighted by Crippen LogP contribution is 2.25. The fourth-order valence-corrected chi connectivity index (χ4v) is 2.71. The summed E-state index contributed by atoms with van der Waals surface area (Å²) in [5.74, 6) is -0.657. The molecule has 0 bridgehead atoms. The largest absolute Gasteiger partial charge is 0.393 e. The number of amides is 2. The van der Waals surface area contributed by atoms with Crippen LogP contribution in [-0.4, -0.2) is 29.1 Å². The molecule has 5 nitrogen and oxygen atoms in total. The zero-order chi connectivity index (χ0) is 13.4. The maximum absolute atomic E-state index is 11.6. The average Bonchev–Trinajstić information content (AvgIpc) is 2.68. The van der Waals surface area contributed by atoms with Crippen molar-refractivity contribution in [2.75, 3.05) is 5.32 Å². The fourth-order valence-electron chi connectivity index (χ4n) is 2.71. The van der Waals surface area contributed by atoms with Gasteiger partial charge < -0.3 is 10.4 Å². The van der Waals surface area contributed by atoms with E-state index in [1.165, 1.54) is 0 Å². The van der Waals surface area contributed by atoms with Crippen LogP contribution in [-0.2, 0) is 0 Å². The quantitative estimate of drug-likeness (QED) is 0.700. The zero-order valence-electron chi connectivity index (χ0n) is 10.5. The summed E-state index contributed by atoms with van der Waals surface area (Å²) in [5, 5.41) is 15.1. The standard InChI is InChI=1S/C14H16N2O3/c17-10-4-1-8(2-5-10)15-9-3-6-11-12(7-9)14(19)16-13(11)18/h3,6-8,10,15,17H,1-2,4-5H2,(H,16,18,19). The van der Waals surface area contributed by atoms with Gasteiger partial charge in [-0.05, 0) is 43.9 Å². The Labute approximate surface area is 111 Å². The molecule has 1 aliphatic heterocycles. The molecule has 19 heavy (non-hydrogen) atoms. The molecular formula is C14H16N2O3. The van der Waals surface area contributed by atoms with Crippen LogP contribution in [0.3, 0.4) is 0 Å². The Bertz CT molecular complexity index is 533. The highest BCUT2D eigenvalue weighted by Gasteiger charge is 2.27. The summed E-state index contributed by atoms with van der Waals surface area (Å²) in [5.41, 5.74) is 1.73. The SMILES string of the molecule is O=C1NC(=O)c2cc(NC3CCC(O)CC3)ccc21. The van der Waals surface area contributed by atoms with Gasteiger partial charge >= 0.3 is 0 Å². The molecule has 1 aliphatic carbocycles. The maximum Gasteiger partial charge on any atom is 0.259 e. The number of hydrogen-bond acceptors (Lipinski definition) is 4. The monoisotopic (exact) mass is 260 g/mol. The van der Waals surface area contributed by atoms with Crippen molar-refractivity contribution in [3.05, 3.63) is 29.3 Å². The molecule has 2 amide bonds. The van der Waals surface area contributed by atoms with Crippen molar-refractivity contribution in [1.82, 2.24) is 5.32 Å². The Morgan fingerprint density at radius 2 is 1.74 bits per heavy atom. The third-order valence-electron chi connectivity index (χ3n) is 3.80. The molecule has 1 fully saturated rings. The van der Waals surface area contributed by atoms with E-state index < -0.39 is 0 Å². The Hall–Kier alpha value is -1.88. The van der Waals surface area contributed by atoms with Gasteiger partial charge in [-0.2, -0.15) is 0 Å². The molecule has 1 saturated carbocycles. The van der Waals surface area contributed by atoms with Crippen LogP contribution in [0.1, 0.15) is 46.4 Å². The summed E-state index contributed by atoms with van der Waals surface area (Å²) >= 11 is 0. The number of nitrogens with one attached hydrogen (secondary N) is 2. The first-order chi connectivity index (χ1) is 9.13. The van der Waals surface area contributed by atoms with E-state index in [0.717, 1.165) is 31.4 Å². The predicted octanol–water partition coefficient (Wildman–Crippen LogP) is 1.29. The van der Waals surface area contributed by atoms with Gasteiger partial charge in [-0.25, -0.2) is 0 Å². The third kappa shape index (κ3) is 2.33. The van der Waals surface area contributed by atoms with Crippen molar-refractivity contribution in [2.45, 2.75) is 37.8 Å². The fraction of sp³-hybridized carbons (Fsp3) is 0.429. The number of hydrogen-bond donors (Lipinski definition) is 3. The van der Waals surface area contributed by atoms with Crippen molar-refractivity contribution in [2.24, 2.45) is 0 Å². The van der Waals surface area contributed by atoms with E-state index in [9.17, 15) is 14.7 Å². The molecule has 1 heterocycles. The number of carbonyl (C=O) groups excluding carboxylic acids is 2. The highest BCUT2D eigenvalue weighted by molar-refractivity contribution is 6.21. The molecule has 2 aliphatic rings. The topological polar surface area (TPSA) is 78.4 Å². The number of benzene rings is 1. The van der Waals surface area contributed by atoms with Gasteiger partial charge in [0.05, 0.1) is 17.2 Å². The zero-order valence-corrected chi connectivity index (χ0v) is 10.5. The van der Waals surface area contributed by atoms with E-state index in [1.54, 1.807) is 12.1 Å². The Kier molecular flexibility index (Phi) is 2.98. The molecular weight excluding hydrogens is 244 g/mol. The molecule has 1 aromatic carbocycles. The van der Waals surface area contributed by atoms with Gasteiger partial charge in [0.1, 0.15) is 0 Å². The minimum absolute atomic E-state index is 0.179. The van der Waals surface area contributed by atoms with Gasteiger partial charge in [0.2, 0.25) is 0 Å². The molecule has 0 aromatic heterocycles. The average molecular weight is 260 g/mol. The van der Waals surface area contributed by atoms with Crippen LogP contribution in [0.15, 0.2) is 18.2 Å². The molecule has 100 valence electrons. The first-order valence-electron chi connectivity index (χ1n) is 6.58. The number of aliphatic hydroxyl groups excluding tert-OH is 1. The van der Waals surface area contributed by atoms with E-state index in [1.807, 2.05) is 6.07 Å². The van der Waals surface area contributed by atoms with Crippen LogP contribution in [0.25, 0.3) is 0 Å². The van der Waals surface area contributed by atoms with Gasteiger partial charge in [0.15, 0.2) is 0 Å². The summed E-state index contributed by atoms with van der Waals surface area (Å²) in [7, 11) is 0. The van der Waals surface area contributed by atoms with E-state index in [2.05, 4.69) is 10.6 Å². The summed E-state index contributed by atoms with van der Waals surface area (Å²) in [6.45, 7) is 0. The number of rotatable bonds is 2. The first-order valence-corrected chi connectivity index (χ1v) is 6.58. The lowest BCUT2D eigenvalue weighted by atomic mass is 9.93. The summed E-state index contributed by atoms with van der Waals surface area (Å²) in [6, 6.07) is 5.54. The molecule has 5 heteroatoms. The predicted molar refractivity (Wildman–Crippen MR) is 70.1 cm³/mol. The maximum atomic E-state index is 11.6. The van der Waals surface area contributed by atoms with Gasteiger partial charge in [-0.1, -0.05) is 0 Å². The normalized spacial score (nSPS) is 25.9. The minimum atomic E-state index is -0.331. The van der Waals surface area contributed by atoms with Crippen LogP contribution >= 0.6 is 0 Å². The minimum Gasteiger partial charge on any atom is -0.393 e. The lowest BCUT2D eigenvalue weighted by Gasteiger charge is -2.27. The van der Waals surface area contributed by atoms with Gasteiger partial charge in [0.25, 0.3) is 11.8 Å².